The van der Waals surface area contributed by atoms with E-state index < -0.39 is 0 Å². The van der Waals surface area contributed by atoms with Crippen LogP contribution in [0.2, 0.25) is 0 Å². The molecule has 2 unspecified atom stereocenters. The molecule has 2 N–H and O–H groups in total. The number of nitrogens with one attached hydrogen (secondary N) is 2. The molecular weight excluding hydrogens is 454 g/mol. The summed E-state index contributed by atoms with van der Waals surface area (Å²) in [4.78, 5) is 29.1. The van der Waals surface area contributed by atoms with Gasteiger partial charge in [0.1, 0.15) is 0 Å². The molecule has 4 bridgehead atoms. The zero-order valence-corrected chi connectivity index (χ0v) is 19.2. The normalized spacial score (nSPS) is 30.7. The van der Waals surface area contributed by atoms with Crippen LogP contribution in [0, 0.1) is 17.3 Å². The number of hydrogen-bond acceptors (Lipinski definition) is 3. The highest BCUT2D eigenvalue weighted by molar-refractivity contribution is 9.10. The van der Waals surface area contributed by atoms with Gasteiger partial charge in [0.25, 0.3) is 5.91 Å². The third kappa shape index (κ3) is 4.54. The Kier molecular flexibility index (Phi) is 5.37. The average Bonchev–Trinajstić information content (AvgIpc) is 2.71. The van der Waals surface area contributed by atoms with Crippen LogP contribution in [0.5, 0.6) is 0 Å². The van der Waals surface area contributed by atoms with Crippen molar-refractivity contribution in [1.82, 2.24) is 10.3 Å². The summed E-state index contributed by atoms with van der Waals surface area (Å²) < 4.78 is 0.277. The number of rotatable bonds is 6. The fourth-order valence-electron chi connectivity index (χ4n) is 6.61. The molecule has 4 aliphatic carbocycles. The molecule has 2 amide bonds. The second-order valence-electron chi connectivity index (χ2n) is 9.96. The van der Waals surface area contributed by atoms with E-state index in [1.165, 1.54) is 32.1 Å². The van der Waals surface area contributed by atoms with E-state index in [0.717, 1.165) is 29.5 Å². The first-order chi connectivity index (χ1) is 14.9. The van der Waals surface area contributed by atoms with Crippen LogP contribution < -0.4 is 10.6 Å². The largest absolute Gasteiger partial charge is 0.352 e. The fourth-order valence-corrected chi connectivity index (χ4v) is 8.12. The average molecular weight is 482 g/mol. The van der Waals surface area contributed by atoms with Crippen LogP contribution in [0.3, 0.4) is 0 Å². The third-order valence-corrected chi connectivity index (χ3v) is 8.19. The summed E-state index contributed by atoms with van der Waals surface area (Å²) in [5.74, 6) is 1.54. The van der Waals surface area contributed by atoms with E-state index in [1.54, 1.807) is 24.5 Å². The van der Waals surface area contributed by atoms with Gasteiger partial charge in [0.15, 0.2) is 0 Å². The number of anilines is 1. The zero-order chi connectivity index (χ0) is 21.5. The van der Waals surface area contributed by atoms with Crippen LogP contribution in [0.1, 0.15) is 60.9 Å². The fraction of sp³-hybridized carbons (Fsp3) is 0.480. The summed E-state index contributed by atoms with van der Waals surface area (Å²) in [6.07, 6.45) is 11.3. The molecular formula is C25H28BrN3O2. The number of carbonyl (C=O) groups is 2. The summed E-state index contributed by atoms with van der Waals surface area (Å²) in [5.41, 5.74) is 2.44. The van der Waals surface area contributed by atoms with Crippen molar-refractivity contribution >= 4 is 33.4 Å². The van der Waals surface area contributed by atoms with Gasteiger partial charge in [-0.1, -0.05) is 28.1 Å². The minimum absolute atomic E-state index is 0.143. The molecule has 4 aliphatic rings. The van der Waals surface area contributed by atoms with Gasteiger partial charge in [-0.15, -0.1) is 0 Å². The Morgan fingerprint density at radius 1 is 1.06 bits per heavy atom. The highest BCUT2D eigenvalue weighted by atomic mass is 79.9. The lowest BCUT2D eigenvalue weighted by Gasteiger charge is -2.60. The summed E-state index contributed by atoms with van der Waals surface area (Å²) in [6.45, 7) is 0.472. The number of hydrogen-bond donors (Lipinski definition) is 2. The van der Waals surface area contributed by atoms with Gasteiger partial charge in [-0.3, -0.25) is 14.6 Å². The first kappa shape index (κ1) is 20.7. The Hall–Kier alpha value is -2.21. The molecule has 1 aromatic carbocycles. The summed E-state index contributed by atoms with van der Waals surface area (Å²) in [7, 11) is 0. The molecule has 5 nitrogen and oxygen atoms in total. The van der Waals surface area contributed by atoms with Crippen LogP contribution >= 0.6 is 15.9 Å². The topological polar surface area (TPSA) is 71.1 Å². The van der Waals surface area contributed by atoms with Crippen LogP contribution in [0.4, 0.5) is 5.69 Å². The Morgan fingerprint density at radius 2 is 1.81 bits per heavy atom. The molecule has 2 aromatic rings. The Labute approximate surface area is 191 Å². The van der Waals surface area contributed by atoms with Gasteiger partial charge in [0.05, 0.1) is 0 Å². The van der Waals surface area contributed by atoms with Crippen molar-refractivity contribution in [3.8, 4) is 0 Å². The Morgan fingerprint density at radius 3 is 2.52 bits per heavy atom. The van der Waals surface area contributed by atoms with Gasteiger partial charge in [0, 0.05) is 40.9 Å². The summed E-state index contributed by atoms with van der Waals surface area (Å²) >= 11 is 4.03. The number of aromatic nitrogens is 1. The van der Waals surface area contributed by atoms with Crippen LogP contribution in [0.15, 0.2) is 48.8 Å². The lowest BCUT2D eigenvalue weighted by Crippen LogP contribution is -2.54. The van der Waals surface area contributed by atoms with Crippen molar-refractivity contribution in [2.24, 2.45) is 17.3 Å². The van der Waals surface area contributed by atoms with Crippen LogP contribution in [0.25, 0.3) is 0 Å². The predicted molar refractivity (Wildman–Crippen MR) is 124 cm³/mol. The first-order valence-electron chi connectivity index (χ1n) is 11.2. The van der Waals surface area contributed by atoms with Crippen molar-refractivity contribution in [3.63, 3.8) is 0 Å². The van der Waals surface area contributed by atoms with E-state index >= 15 is 0 Å². The second kappa shape index (κ2) is 8.05. The number of amides is 2. The maximum atomic E-state index is 12.9. The molecule has 0 saturated heterocycles. The molecule has 1 heterocycles. The van der Waals surface area contributed by atoms with E-state index in [0.29, 0.717) is 18.5 Å². The van der Waals surface area contributed by atoms with Crippen molar-refractivity contribution in [3.05, 3.63) is 59.9 Å². The molecule has 0 aliphatic heterocycles. The number of pyridine rings is 1. The molecule has 0 radical (unpaired) electrons. The Bertz CT molecular complexity index is 979. The molecule has 0 spiro atoms. The van der Waals surface area contributed by atoms with E-state index in [2.05, 4.69) is 31.5 Å². The van der Waals surface area contributed by atoms with Crippen molar-refractivity contribution in [2.75, 3.05) is 5.32 Å². The molecule has 31 heavy (non-hydrogen) atoms. The standard InChI is InChI=1S/C25H28BrN3O2/c26-25-12-18-8-19(13-25)11-24(10-18,16-25)14-22(30)28-15-17-2-1-3-21(9-17)29-23(31)20-4-6-27-7-5-20/h1-7,9,18-19H,8,10-16H2,(H,28,30)(H,29,31). The van der Waals surface area contributed by atoms with Gasteiger partial charge in [-0.05, 0) is 85.6 Å². The summed E-state index contributed by atoms with van der Waals surface area (Å²) in [5, 5.41) is 6.03. The monoisotopic (exact) mass is 481 g/mol. The van der Waals surface area contributed by atoms with Gasteiger partial charge in [-0.25, -0.2) is 0 Å². The lowest BCUT2D eigenvalue weighted by molar-refractivity contribution is -0.128. The highest BCUT2D eigenvalue weighted by Crippen LogP contribution is 2.65. The van der Waals surface area contributed by atoms with Crippen LogP contribution in [-0.4, -0.2) is 21.1 Å². The number of nitrogens with zero attached hydrogens (tertiary/aromatic N) is 1. The van der Waals surface area contributed by atoms with Gasteiger partial charge < -0.3 is 10.6 Å². The van der Waals surface area contributed by atoms with E-state index in [9.17, 15) is 9.59 Å². The molecule has 6 heteroatoms. The van der Waals surface area contributed by atoms with Crippen molar-refractivity contribution in [1.29, 1.82) is 0 Å². The molecule has 162 valence electrons. The van der Waals surface area contributed by atoms with E-state index in [1.807, 2.05) is 24.3 Å². The molecule has 1 aromatic heterocycles. The number of halogens is 1. The minimum atomic E-state index is -0.172. The molecule has 6 rings (SSSR count). The SMILES string of the molecule is O=C(CC12CC3CC(CC(Br)(C3)C1)C2)NCc1cccc(NC(=O)c2ccncc2)c1. The third-order valence-electron chi connectivity index (χ3n) is 7.26. The van der Waals surface area contributed by atoms with Gasteiger partial charge >= 0.3 is 0 Å². The minimum Gasteiger partial charge on any atom is -0.352 e. The van der Waals surface area contributed by atoms with Gasteiger partial charge in [0.2, 0.25) is 5.91 Å². The Balaban J connectivity index is 1.18. The van der Waals surface area contributed by atoms with E-state index in [-0.39, 0.29) is 21.6 Å². The molecule has 4 saturated carbocycles. The highest BCUT2D eigenvalue weighted by Gasteiger charge is 2.57. The number of carbonyl (C=O) groups excluding carboxylic acids is 2. The van der Waals surface area contributed by atoms with Crippen LogP contribution in [-0.2, 0) is 11.3 Å². The predicted octanol–water partition coefficient (Wildman–Crippen LogP) is 5.07. The van der Waals surface area contributed by atoms with E-state index in [4.69, 9.17) is 0 Å². The lowest BCUT2D eigenvalue weighted by atomic mass is 9.48. The second-order valence-corrected chi connectivity index (χ2v) is 11.6. The van der Waals surface area contributed by atoms with Crippen molar-refractivity contribution in [2.45, 2.75) is 55.8 Å². The quantitative estimate of drug-likeness (QED) is 0.565. The number of alkyl halides is 1. The maximum absolute atomic E-state index is 12.9. The summed E-state index contributed by atoms with van der Waals surface area (Å²) in [6, 6.07) is 11.0. The first-order valence-corrected chi connectivity index (χ1v) is 12.0. The van der Waals surface area contributed by atoms with Crippen molar-refractivity contribution < 1.29 is 9.59 Å². The smallest absolute Gasteiger partial charge is 0.255 e. The van der Waals surface area contributed by atoms with Gasteiger partial charge in [-0.2, -0.15) is 0 Å². The molecule has 4 fully saturated rings. The zero-order valence-electron chi connectivity index (χ0n) is 17.6. The number of benzene rings is 1. The maximum Gasteiger partial charge on any atom is 0.255 e. The molecule has 2 atom stereocenters.